The summed E-state index contributed by atoms with van der Waals surface area (Å²) in [6.07, 6.45) is 0. The molecule has 5 rings (SSSR count). The van der Waals surface area contributed by atoms with E-state index in [0.717, 1.165) is 16.1 Å². The van der Waals surface area contributed by atoms with Gasteiger partial charge in [-0.25, -0.2) is 4.98 Å². The maximum absolute atomic E-state index is 4.94. The smallest absolute Gasteiger partial charge is 0.124 e. The molecule has 0 unspecified atom stereocenters. The fourth-order valence-corrected chi connectivity index (χ4v) is 4.35. The second-order valence-electron chi connectivity index (χ2n) is 6.51. The molecule has 0 bridgehead atoms. The molecule has 3 aromatic carbocycles. The zero-order valence-corrected chi connectivity index (χ0v) is 15.5. The third-order valence-electron chi connectivity index (χ3n) is 4.71. The highest BCUT2D eigenvalue weighted by Gasteiger charge is 2.08. The summed E-state index contributed by atoms with van der Waals surface area (Å²) in [5, 5.41) is 1.20. The molecule has 0 saturated carbocycles. The second kappa shape index (κ2) is 6.82. The van der Waals surface area contributed by atoms with Crippen LogP contribution in [0.2, 0.25) is 0 Å². The fourth-order valence-electron chi connectivity index (χ4n) is 3.31. The largest absolute Gasteiger partial charge is 0.237 e. The summed E-state index contributed by atoms with van der Waals surface area (Å²) >= 11 is 1.75. The van der Waals surface area contributed by atoms with E-state index in [4.69, 9.17) is 4.98 Å². The quantitative estimate of drug-likeness (QED) is 0.328. The summed E-state index contributed by atoms with van der Waals surface area (Å²) in [6.45, 7) is 0. The maximum atomic E-state index is 4.94. The standard InChI is InChI=1S/C25H17NS/c1-3-8-18(9-4-1)20-12-7-13-21(16-20)23-15-14-22-17-24(27-25(22)26-23)19-10-5-2-6-11-19/h1-17H. The molecular formula is C25H17NS. The molecular weight excluding hydrogens is 346 g/mol. The lowest BCUT2D eigenvalue weighted by atomic mass is 10.0. The summed E-state index contributed by atoms with van der Waals surface area (Å²) < 4.78 is 0. The van der Waals surface area contributed by atoms with E-state index >= 15 is 0 Å². The van der Waals surface area contributed by atoms with E-state index in [-0.39, 0.29) is 0 Å². The highest BCUT2D eigenvalue weighted by atomic mass is 32.1. The fraction of sp³-hybridized carbons (Fsp3) is 0. The second-order valence-corrected chi connectivity index (χ2v) is 7.55. The summed E-state index contributed by atoms with van der Waals surface area (Å²) in [7, 11) is 0. The highest BCUT2D eigenvalue weighted by molar-refractivity contribution is 7.21. The van der Waals surface area contributed by atoms with Gasteiger partial charge in [-0.2, -0.15) is 0 Å². The molecule has 0 saturated heterocycles. The molecule has 0 N–H and O–H groups in total. The van der Waals surface area contributed by atoms with Crippen LogP contribution < -0.4 is 0 Å². The lowest BCUT2D eigenvalue weighted by Crippen LogP contribution is -1.84. The Hall–Kier alpha value is -3.23. The van der Waals surface area contributed by atoms with Gasteiger partial charge in [-0.15, -0.1) is 11.3 Å². The van der Waals surface area contributed by atoms with E-state index < -0.39 is 0 Å². The van der Waals surface area contributed by atoms with Gasteiger partial charge in [-0.3, -0.25) is 0 Å². The molecule has 0 spiro atoms. The number of rotatable bonds is 3. The van der Waals surface area contributed by atoms with Gasteiger partial charge in [0.05, 0.1) is 5.69 Å². The lowest BCUT2D eigenvalue weighted by Gasteiger charge is -2.05. The van der Waals surface area contributed by atoms with Crippen LogP contribution >= 0.6 is 11.3 Å². The Bertz CT molecular complexity index is 1210. The Morgan fingerprint density at radius 3 is 1.96 bits per heavy atom. The van der Waals surface area contributed by atoms with Gasteiger partial charge in [-0.05, 0) is 41.0 Å². The van der Waals surface area contributed by atoms with Crippen LogP contribution in [0.25, 0.3) is 43.0 Å². The van der Waals surface area contributed by atoms with Crippen molar-refractivity contribution in [2.24, 2.45) is 0 Å². The number of pyridine rings is 1. The summed E-state index contributed by atoms with van der Waals surface area (Å²) in [5.74, 6) is 0. The average molecular weight is 363 g/mol. The van der Waals surface area contributed by atoms with E-state index in [0.29, 0.717) is 0 Å². The van der Waals surface area contributed by atoms with Crippen LogP contribution in [0.5, 0.6) is 0 Å². The van der Waals surface area contributed by atoms with Crippen molar-refractivity contribution in [3.05, 3.63) is 103 Å². The third-order valence-corrected chi connectivity index (χ3v) is 5.80. The van der Waals surface area contributed by atoms with E-state index in [2.05, 4.69) is 91.0 Å². The molecule has 1 nitrogen and oxygen atoms in total. The van der Waals surface area contributed by atoms with Gasteiger partial charge in [0.15, 0.2) is 0 Å². The molecule has 0 atom stereocenters. The highest BCUT2D eigenvalue weighted by Crippen LogP contribution is 2.34. The van der Waals surface area contributed by atoms with Gasteiger partial charge in [0, 0.05) is 15.8 Å². The minimum Gasteiger partial charge on any atom is -0.237 e. The molecule has 0 aliphatic carbocycles. The molecule has 27 heavy (non-hydrogen) atoms. The lowest BCUT2D eigenvalue weighted by molar-refractivity contribution is 1.42. The van der Waals surface area contributed by atoms with Crippen molar-refractivity contribution < 1.29 is 0 Å². The minimum absolute atomic E-state index is 1.02. The van der Waals surface area contributed by atoms with Gasteiger partial charge in [0.2, 0.25) is 0 Å². The first kappa shape index (κ1) is 16.0. The molecule has 2 heteroatoms. The summed E-state index contributed by atoms with van der Waals surface area (Å²) in [6, 6.07) is 36.1. The van der Waals surface area contributed by atoms with Crippen molar-refractivity contribution in [2.45, 2.75) is 0 Å². The van der Waals surface area contributed by atoms with Crippen LogP contribution in [-0.2, 0) is 0 Å². The minimum atomic E-state index is 1.02. The van der Waals surface area contributed by atoms with Gasteiger partial charge >= 0.3 is 0 Å². The number of nitrogens with zero attached hydrogens (tertiary/aromatic N) is 1. The van der Waals surface area contributed by atoms with Crippen LogP contribution in [0, 0.1) is 0 Å². The Morgan fingerprint density at radius 2 is 1.19 bits per heavy atom. The number of fused-ring (bicyclic) bond motifs is 1. The third kappa shape index (κ3) is 3.16. The van der Waals surface area contributed by atoms with Crippen molar-refractivity contribution in [1.82, 2.24) is 4.98 Å². The number of hydrogen-bond donors (Lipinski definition) is 0. The Kier molecular flexibility index (Phi) is 4.04. The van der Waals surface area contributed by atoms with Crippen molar-refractivity contribution >= 4 is 21.6 Å². The van der Waals surface area contributed by atoms with Gasteiger partial charge in [0.25, 0.3) is 0 Å². The molecule has 0 aliphatic rings. The number of thiophene rings is 1. The summed E-state index contributed by atoms with van der Waals surface area (Å²) in [4.78, 5) is 7.28. The normalized spacial score (nSPS) is 11.0. The van der Waals surface area contributed by atoms with Gasteiger partial charge < -0.3 is 0 Å². The topological polar surface area (TPSA) is 12.9 Å². The number of aromatic nitrogens is 1. The maximum Gasteiger partial charge on any atom is 0.124 e. The monoisotopic (exact) mass is 363 g/mol. The molecule has 5 aromatic rings. The molecule has 0 amide bonds. The first-order valence-corrected chi connectivity index (χ1v) is 9.80. The Morgan fingerprint density at radius 1 is 0.519 bits per heavy atom. The van der Waals surface area contributed by atoms with Crippen molar-refractivity contribution in [3.8, 4) is 32.8 Å². The van der Waals surface area contributed by atoms with Gasteiger partial charge in [0.1, 0.15) is 4.83 Å². The first-order chi connectivity index (χ1) is 13.4. The predicted octanol–water partition coefficient (Wildman–Crippen LogP) is 7.30. The molecule has 2 heterocycles. The summed E-state index contributed by atoms with van der Waals surface area (Å²) in [5.41, 5.74) is 5.84. The average Bonchev–Trinajstić information content (AvgIpc) is 3.19. The first-order valence-electron chi connectivity index (χ1n) is 8.99. The predicted molar refractivity (Wildman–Crippen MR) is 116 cm³/mol. The zero-order valence-electron chi connectivity index (χ0n) is 14.7. The van der Waals surface area contributed by atoms with Crippen LogP contribution in [0.1, 0.15) is 0 Å². The van der Waals surface area contributed by atoms with Crippen molar-refractivity contribution in [2.75, 3.05) is 0 Å². The van der Waals surface area contributed by atoms with Crippen molar-refractivity contribution in [3.63, 3.8) is 0 Å². The van der Waals surface area contributed by atoms with E-state index in [1.165, 1.54) is 27.0 Å². The van der Waals surface area contributed by atoms with Crippen LogP contribution in [0.15, 0.2) is 103 Å². The molecule has 2 aromatic heterocycles. The van der Waals surface area contributed by atoms with Crippen LogP contribution in [-0.4, -0.2) is 4.98 Å². The van der Waals surface area contributed by atoms with Crippen LogP contribution in [0.3, 0.4) is 0 Å². The number of benzene rings is 3. The Balaban J connectivity index is 1.56. The molecule has 0 aliphatic heterocycles. The Labute approximate surface area is 162 Å². The van der Waals surface area contributed by atoms with Crippen molar-refractivity contribution in [1.29, 1.82) is 0 Å². The van der Waals surface area contributed by atoms with E-state index in [1.54, 1.807) is 11.3 Å². The van der Waals surface area contributed by atoms with Gasteiger partial charge in [-0.1, -0.05) is 78.9 Å². The zero-order chi connectivity index (χ0) is 18.1. The van der Waals surface area contributed by atoms with E-state index in [1.807, 2.05) is 12.1 Å². The SMILES string of the molecule is c1ccc(-c2cccc(-c3ccc4cc(-c5ccccc5)sc4n3)c2)cc1. The molecule has 0 radical (unpaired) electrons. The molecule has 128 valence electrons. The molecule has 0 fully saturated rings. The number of hydrogen-bond acceptors (Lipinski definition) is 2. The van der Waals surface area contributed by atoms with Crippen LogP contribution in [0.4, 0.5) is 0 Å². The van der Waals surface area contributed by atoms with E-state index in [9.17, 15) is 0 Å².